The maximum atomic E-state index is 4.93. The molecule has 0 atom stereocenters. The molecule has 0 aliphatic carbocycles. The van der Waals surface area contributed by atoms with Crippen molar-refractivity contribution in [2.24, 2.45) is 0 Å². The summed E-state index contributed by atoms with van der Waals surface area (Å²) in [5.74, 6) is 0. The predicted molar refractivity (Wildman–Crippen MR) is 104 cm³/mol. The van der Waals surface area contributed by atoms with Crippen LogP contribution < -0.4 is 5.19 Å². The maximum Gasteiger partial charge on any atom is 0.0776 e. The zero-order valence-electron chi connectivity index (χ0n) is 15.0. The molecule has 0 N–H and O–H groups in total. The quantitative estimate of drug-likeness (QED) is 0.578. The summed E-state index contributed by atoms with van der Waals surface area (Å²) in [6.45, 7) is 13.7. The van der Waals surface area contributed by atoms with E-state index in [2.05, 4.69) is 82.9 Å². The van der Waals surface area contributed by atoms with E-state index >= 15 is 0 Å². The average Bonchev–Trinajstić information content (AvgIpc) is 2.44. The fourth-order valence-corrected chi connectivity index (χ4v) is 4.29. The van der Waals surface area contributed by atoms with Crippen LogP contribution in [0.15, 0.2) is 42.5 Å². The van der Waals surface area contributed by atoms with Crippen molar-refractivity contribution in [2.75, 3.05) is 0 Å². The molecule has 3 rings (SSSR count). The lowest BCUT2D eigenvalue weighted by atomic mass is 10.0. The Morgan fingerprint density at radius 3 is 2.04 bits per heavy atom. The normalized spacial score (nSPS) is 11.9. The third-order valence-electron chi connectivity index (χ3n) is 4.40. The largest absolute Gasteiger partial charge is 0.248 e. The lowest BCUT2D eigenvalue weighted by molar-refractivity contribution is 1.33. The number of hydrogen-bond acceptors (Lipinski definition) is 1. The molecular formula is C21H25NSi. The Balaban J connectivity index is 2.19. The first kappa shape index (κ1) is 15.9. The van der Waals surface area contributed by atoms with Crippen LogP contribution in [0.4, 0.5) is 0 Å². The van der Waals surface area contributed by atoms with E-state index in [-0.39, 0.29) is 0 Å². The van der Waals surface area contributed by atoms with E-state index in [4.69, 9.17) is 4.98 Å². The molecule has 23 heavy (non-hydrogen) atoms. The third-order valence-corrected chi connectivity index (χ3v) is 6.44. The van der Waals surface area contributed by atoms with Gasteiger partial charge in [-0.25, -0.2) is 4.98 Å². The number of nitrogens with zero attached hydrogens (tertiary/aromatic N) is 1. The number of benzene rings is 2. The first-order valence-electron chi connectivity index (χ1n) is 8.24. The zero-order valence-corrected chi connectivity index (χ0v) is 16.0. The van der Waals surface area contributed by atoms with Crippen LogP contribution in [0.3, 0.4) is 0 Å². The van der Waals surface area contributed by atoms with Crippen LogP contribution in [0.5, 0.6) is 0 Å². The summed E-state index contributed by atoms with van der Waals surface area (Å²) in [6, 6.07) is 15.7. The highest BCUT2D eigenvalue weighted by Crippen LogP contribution is 2.26. The highest BCUT2D eigenvalue weighted by molar-refractivity contribution is 6.88. The SMILES string of the molecule is Cc1cc(C)cc(-c2cc(C)c3cc([Si](C)(C)C)ccc3n2)c1. The van der Waals surface area contributed by atoms with Crippen molar-refractivity contribution in [3.63, 3.8) is 0 Å². The van der Waals surface area contributed by atoms with Gasteiger partial charge in [0.25, 0.3) is 0 Å². The molecule has 1 nitrogen and oxygen atoms in total. The molecule has 0 amide bonds. The highest BCUT2D eigenvalue weighted by atomic mass is 28.3. The van der Waals surface area contributed by atoms with Crippen LogP contribution in [0.25, 0.3) is 22.2 Å². The van der Waals surface area contributed by atoms with Gasteiger partial charge in [-0.05, 0) is 50.6 Å². The monoisotopic (exact) mass is 319 g/mol. The Morgan fingerprint density at radius 2 is 1.43 bits per heavy atom. The van der Waals surface area contributed by atoms with Crippen LogP contribution in [-0.2, 0) is 0 Å². The molecule has 0 spiro atoms. The molecule has 3 aromatic rings. The van der Waals surface area contributed by atoms with E-state index in [9.17, 15) is 0 Å². The molecule has 0 aliphatic heterocycles. The number of aryl methyl sites for hydroxylation is 3. The highest BCUT2D eigenvalue weighted by Gasteiger charge is 2.17. The standard InChI is InChI=1S/C21H25NSi/c1-14-9-15(2)11-17(10-14)21-12-16(3)19-13-18(23(4,5)6)7-8-20(19)22-21/h7-13H,1-6H3. The molecule has 2 aromatic carbocycles. The van der Waals surface area contributed by atoms with Gasteiger partial charge in [0.2, 0.25) is 0 Å². The smallest absolute Gasteiger partial charge is 0.0776 e. The van der Waals surface area contributed by atoms with Gasteiger partial charge in [0.05, 0.1) is 19.3 Å². The molecule has 1 heterocycles. The molecule has 0 fully saturated rings. The summed E-state index contributed by atoms with van der Waals surface area (Å²) in [4.78, 5) is 4.93. The molecular weight excluding hydrogens is 294 g/mol. The Labute approximate surface area is 140 Å². The lowest BCUT2D eigenvalue weighted by Gasteiger charge is -2.18. The van der Waals surface area contributed by atoms with E-state index in [0.717, 1.165) is 11.2 Å². The number of pyridine rings is 1. The van der Waals surface area contributed by atoms with Gasteiger partial charge >= 0.3 is 0 Å². The molecule has 0 saturated carbocycles. The maximum absolute atomic E-state index is 4.93. The number of rotatable bonds is 2. The van der Waals surface area contributed by atoms with E-state index in [1.807, 2.05) is 0 Å². The van der Waals surface area contributed by atoms with Crippen LogP contribution >= 0.6 is 0 Å². The van der Waals surface area contributed by atoms with Crippen molar-refractivity contribution in [1.29, 1.82) is 0 Å². The average molecular weight is 320 g/mol. The summed E-state index contributed by atoms with van der Waals surface area (Å²) in [5, 5.41) is 2.78. The van der Waals surface area contributed by atoms with Gasteiger partial charge in [0.1, 0.15) is 0 Å². The van der Waals surface area contributed by atoms with E-state index < -0.39 is 8.07 Å². The molecule has 0 aliphatic rings. The Kier molecular flexibility index (Phi) is 3.89. The Bertz CT molecular complexity index is 868. The summed E-state index contributed by atoms with van der Waals surface area (Å²) in [7, 11) is -1.29. The first-order chi connectivity index (χ1) is 10.7. The number of fused-ring (bicyclic) bond motifs is 1. The summed E-state index contributed by atoms with van der Waals surface area (Å²) in [5.41, 5.74) is 7.26. The van der Waals surface area contributed by atoms with E-state index in [0.29, 0.717) is 0 Å². The van der Waals surface area contributed by atoms with Gasteiger partial charge < -0.3 is 0 Å². The summed E-state index contributed by atoms with van der Waals surface area (Å²) >= 11 is 0. The Morgan fingerprint density at radius 1 is 0.783 bits per heavy atom. The third kappa shape index (κ3) is 3.23. The topological polar surface area (TPSA) is 12.9 Å². The second kappa shape index (κ2) is 5.61. The van der Waals surface area contributed by atoms with Crippen LogP contribution in [-0.4, -0.2) is 13.1 Å². The van der Waals surface area contributed by atoms with Gasteiger partial charge in [0, 0.05) is 10.9 Å². The fourth-order valence-electron chi connectivity index (χ4n) is 3.13. The summed E-state index contributed by atoms with van der Waals surface area (Å²) in [6.07, 6.45) is 0. The summed E-state index contributed by atoms with van der Waals surface area (Å²) < 4.78 is 0. The Hall–Kier alpha value is -1.93. The number of aromatic nitrogens is 1. The molecule has 0 unspecified atom stereocenters. The van der Waals surface area contributed by atoms with Crippen LogP contribution in [0.2, 0.25) is 19.6 Å². The van der Waals surface area contributed by atoms with Crippen molar-refractivity contribution in [3.8, 4) is 11.3 Å². The molecule has 118 valence electrons. The van der Waals surface area contributed by atoms with Gasteiger partial charge in [-0.15, -0.1) is 0 Å². The van der Waals surface area contributed by atoms with Gasteiger partial charge in [0.15, 0.2) is 0 Å². The minimum atomic E-state index is -1.29. The van der Waals surface area contributed by atoms with Gasteiger partial charge in [-0.2, -0.15) is 0 Å². The van der Waals surface area contributed by atoms with E-state index in [1.54, 1.807) is 0 Å². The van der Waals surface area contributed by atoms with Crippen LogP contribution in [0.1, 0.15) is 16.7 Å². The molecule has 1 aromatic heterocycles. The van der Waals surface area contributed by atoms with Crippen molar-refractivity contribution < 1.29 is 0 Å². The lowest BCUT2D eigenvalue weighted by Crippen LogP contribution is -2.37. The molecule has 0 radical (unpaired) electrons. The van der Waals surface area contributed by atoms with Crippen molar-refractivity contribution in [3.05, 3.63) is 59.2 Å². The molecule has 0 bridgehead atoms. The van der Waals surface area contributed by atoms with Crippen LogP contribution in [0, 0.1) is 20.8 Å². The minimum absolute atomic E-state index is 1.07. The predicted octanol–water partition coefficient (Wildman–Crippen LogP) is 5.37. The second-order valence-corrected chi connectivity index (χ2v) is 12.8. The second-order valence-electron chi connectivity index (χ2n) is 7.68. The van der Waals surface area contributed by atoms with E-state index in [1.165, 1.54) is 32.8 Å². The van der Waals surface area contributed by atoms with Crippen molar-refractivity contribution in [1.82, 2.24) is 4.98 Å². The van der Waals surface area contributed by atoms with Gasteiger partial charge in [-0.3, -0.25) is 0 Å². The zero-order chi connectivity index (χ0) is 16.8. The molecule has 2 heteroatoms. The molecule has 0 saturated heterocycles. The van der Waals surface area contributed by atoms with Crippen molar-refractivity contribution >= 4 is 24.2 Å². The van der Waals surface area contributed by atoms with Crippen molar-refractivity contribution in [2.45, 2.75) is 40.4 Å². The number of hydrogen-bond donors (Lipinski definition) is 0. The fraction of sp³-hybridized carbons (Fsp3) is 0.286. The minimum Gasteiger partial charge on any atom is -0.248 e. The first-order valence-corrected chi connectivity index (χ1v) is 11.7. The van der Waals surface area contributed by atoms with Gasteiger partial charge in [-0.1, -0.05) is 54.2 Å².